The molecule has 1 amide bonds. The first-order chi connectivity index (χ1) is 12.9. The summed E-state index contributed by atoms with van der Waals surface area (Å²) in [6.07, 6.45) is 0.106. The number of aromatic nitrogens is 2. The molecule has 0 fully saturated rings. The normalized spacial score (nSPS) is 16.0. The van der Waals surface area contributed by atoms with E-state index in [1.54, 1.807) is 28.9 Å². The highest BCUT2D eigenvalue weighted by atomic mass is 35.5. The van der Waals surface area contributed by atoms with E-state index in [-0.39, 0.29) is 18.1 Å². The molecule has 1 aromatic heterocycles. The Hall–Kier alpha value is -2.92. The molecule has 5 nitrogen and oxygen atoms in total. The van der Waals surface area contributed by atoms with Gasteiger partial charge >= 0.3 is 0 Å². The van der Waals surface area contributed by atoms with Crippen molar-refractivity contribution in [3.63, 3.8) is 0 Å². The molecule has 6 heteroatoms. The van der Waals surface area contributed by atoms with Crippen LogP contribution >= 0.6 is 11.6 Å². The molecule has 4 rings (SSSR count). The van der Waals surface area contributed by atoms with E-state index in [2.05, 4.69) is 10.4 Å². The molecular formula is C21H18ClN3O2. The number of nitrogens with zero attached hydrogens (tertiary/aromatic N) is 2. The molecule has 2 aromatic carbocycles. The lowest BCUT2D eigenvalue weighted by Gasteiger charge is -2.23. The van der Waals surface area contributed by atoms with Gasteiger partial charge in [0.15, 0.2) is 5.78 Å². The predicted molar refractivity (Wildman–Crippen MR) is 105 cm³/mol. The van der Waals surface area contributed by atoms with Crippen LogP contribution in [0.2, 0.25) is 5.02 Å². The van der Waals surface area contributed by atoms with E-state index in [4.69, 9.17) is 11.6 Å². The van der Waals surface area contributed by atoms with E-state index in [9.17, 15) is 9.59 Å². The second-order valence-corrected chi connectivity index (χ2v) is 7.21. The van der Waals surface area contributed by atoms with Crippen molar-refractivity contribution < 1.29 is 9.59 Å². The minimum atomic E-state index is -0.561. The smallest absolute Gasteiger partial charge is 0.226 e. The zero-order valence-electron chi connectivity index (χ0n) is 15.0. The van der Waals surface area contributed by atoms with Crippen LogP contribution in [0.1, 0.15) is 39.5 Å². The maximum atomic E-state index is 13.1. The summed E-state index contributed by atoms with van der Waals surface area (Å²) in [4.78, 5) is 25.4. The third-order valence-electron chi connectivity index (χ3n) is 4.83. The number of ketones is 1. The fourth-order valence-corrected chi connectivity index (χ4v) is 3.59. The fourth-order valence-electron chi connectivity index (χ4n) is 3.46. The number of Topliss-reactive ketones (excluding diaryl/α,β-unsaturated/α-hetero) is 1. The van der Waals surface area contributed by atoms with Crippen LogP contribution < -0.4 is 5.32 Å². The highest BCUT2D eigenvalue weighted by Crippen LogP contribution is 2.38. The van der Waals surface area contributed by atoms with Gasteiger partial charge in [0.25, 0.3) is 0 Å². The number of amides is 1. The topological polar surface area (TPSA) is 64.0 Å². The summed E-state index contributed by atoms with van der Waals surface area (Å²) in [5.41, 5.74) is 4.02. The Morgan fingerprint density at radius 3 is 2.44 bits per heavy atom. The van der Waals surface area contributed by atoms with E-state index in [0.717, 1.165) is 22.5 Å². The number of halogens is 1. The number of fused-ring (bicyclic) bond motifs is 1. The van der Waals surface area contributed by atoms with E-state index in [1.165, 1.54) is 0 Å². The third-order valence-corrected chi connectivity index (χ3v) is 5.08. The van der Waals surface area contributed by atoms with Crippen LogP contribution in [0.25, 0.3) is 5.69 Å². The molecule has 3 aromatic rings. The van der Waals surface area contributed by atoms with Gasteiger partial charge in [-0.3, -0.25) is 9.59 Å². The van der Waals surface area contributed by atoms with Crippen molar-refractivity contribution in [3.8, 4) is 5.69 Å². The van der Waals surface area contributed by atoms with Crippen LogP contribution in [-0.2, 0) is 4.79 Å². The Morgan fingerprint density at radius 2 is 1.78 bits per heavy atom. The van der Waals surface area contributed by atoms with Gasteiger partial charge in [0.2, 0.25) is 5.91 Å². The van der Waals surface area contributed by atoms with Crippen molar-refractivity contribution >= 4 is 29.1 Å². The van der Waals surface area contributed by atoms with E-state index in [0.29, 0.717) is 16.4 Å². The first-order valence-electron chi connectivity index (χ1n) is 8.70. The minimum absolute atomic E-state index is 0.102. The Morgan fingerprint density at radius 1 is 1.11 bits per heavy atom. The first-order valence-corrected chi connectivity index (χ1v) is 9.08. The van der Waals surface area contributed by atoms with Gasteiger partial charge in [-0.15, -0.1) is 0 Å². The average Bonchev–Trinajstić information content (AvgIpc) is 2.98. The second-order valence-electron chi connectivity index (χ2n) is 6.77. The standard InChI is InChI=1S/C21H18ClN3O2/c1-12-3-9-16(10-4-12)25-21-19(13(2)24-25)17(11-18(26)23-21)20(27)14-5-7-15(22)8-6-14/h3-10,17H,11H2,1-2H3,(H,23,26). The first kappa shape index (κ1) is 17.5. The van der Waals surface area contributed by atoms with Crippen LogP contribution in [0.3, 0.4) is 0 Å². The lowest BCUT2D eigenvalue weighted by atomic mass is 9.85. The monoisotopic (exact) mass is 379 g/mol. The number of hydrogen-bond acceptors (Lipinski definition) is 3. The molecule has 0 spiro atoms. The average molecular weight is 380 g/mol. The Bertz CT molecular complexity index is 1040. The van der Waals surface area contributed by atoms with Gasteiger partial charge in [-0.2, -0.15) is 5.10 Å². The van der Waals surface area contributed by atoms with Crippen molar-refractivity contribution in [2.45, 2.75) is 26.2 Å². The maximum Gasteiger partial charge on any atom is 0.226 e. The number of carbonyl (C=O) groups excluding carboxylic acids is 2. The number of carbonyl (C=O) groups is 2. The number of nitrogens with one attached hydrogen (secondary N) is 1. The molecule has 0 saturated heterocycles. The van der Waals surface area contributed by atoms with Crippen LogP contribution in [0.15, 0.2) is 48.5 Å². The molecule has 27 heavy (non-hydrogen) atoms. The molecular weight excluding hydrogens is 362 g/mol. The number of aryl methyl sites for hydroxylation is 2. The molecule has 0 saturated carbocycles. The number of benzene rings is 2. The van der Waals surface area contributed by atoms with E-state index < -0.39 is 5.92 Å². The van der Waals surface area contributed by atoms with Gasteiger partial charge in [0, 0.05) is 22.6 Å². The van der Waals surface area contributed by atoms with E-state index >= 15 is 0 Å². The Labute approximate surface area is 162 Å². The van der Waals surface area contributed by atoms with Crippen molar-refractivity contribution in [1.29, 1.82) is 0 Å². The molecule has 0 bridgehead atoms. The second kappa shape index (κ2) is 6.67. The van der Waals surface area contributed by atoms with Crippen molar-refractivity contribution in [1.82, 2.24) is 9.78 Å². The summed E-state index contributed by atoms with van der Waals surface area (Å²) in [7, 11) is 0. The molecule has 0 aliphatic carbocycles. The zero-order valence-corrected chi connectivity index (χ0v) is 15.7. The quantitative estimate of drug-likeness (QED) is 0.684. The summed E-state index contributed by atoms with van der Waals surface area (Å²) < 4.78 is 1.70. The number of rotatable bonds is 3. The minimum Gasteiger partial charge on any atom is -0.310 e. The van der Waals surface area contributed by atoms with E-state index in [1.807, 2.05) is 38.1 Å². The molecule has 136 valence electrons. The summed E-state index contributed by atoms with van der Waals surface area (Å²) >= 11 is 5.93. The summed E-state index contributed by atoms with van der Waals surface area (Å²) in [5.74, 6) is -0.286. The van der Waals surface area contributed by atoms with Crippen molar-refractivity contribution in [3.05, 3.63) is 75.9 Å². The SMILES string of the molecule is Cc1ccc(-n2nc(C)c3c2NC(=O)CC3C(=O)c2ccc(Cl)cc2)cc1. The Balaban J connectivity index is 1.80. The highest BCUT2D eigenvalue weighted by molar-refractivity contribution is 6.30. The molecule has 1 atom stereocenters. The Kier molecular flexibility index (Phi) is 4.32. The molecule has 0 radical (unpaired) electrons. The van der Waals surface area contributed by atoms with Crippen molar-refractivity contribution in [2.75, 3.05) is 5.32 Å². The van der Waals surface area contributed by atoms with Crippen molar-refractivity contribution in [2.24, 2.45) is 0 Å². The van der Waals surface area contributed by atoms with Crippen LogP contribution in [-0.4, -0.2) is 21.5 Å². The number of anilines is 1. The summed E-state index contributed by atoms with van der Waals surface area (Å²) in [6.45, 7) is 3.87. The predicted octanol–water partition coefficient (Wildman–Crippen LogP) is 4.45. The van der Waals surface area contributed by atoms with Gasteiger partial charge in [-0.25, -0.2) is 4.68 Å². The molecule has 2 heterocycles. The summed E-state index contributed by atoms with van der Waals surface area (Å²) in [5, 5.41) is 8.06. The van der Waals surface area contributed by atoms with Gasteiger partial charge in [0.1, 0.15) is 5.82 Å². The van der Waals surface area contributed by atoms with Gasteiger partial charge < -0.3 is 5.32 Å². The third kappa shape index (κ3) is 3.15. The molecule has 1 N–H and O–H groups in total. The highest BCUT2D eigenvalue weighted by Gasteiger charge is 2.36. The van der Waals surface area contributed by atoms with Crippen LogP contribution in [0.5, 0.6) is 0 Å². The van der Waals surface area contributed by atoms with Gasteiger partial charge in [0.05, 0.1) is 17.3 Å². The summed E-state index contributed by atoms with van der Waals surface area (Å²) in [6, 6.07) is 14.6. The molecule has 1 unspecified atom stereocenters. The lowest BCUT2D eigenvalue weighted by Crippen LogP contribution is -2.28. The van der Waals surface area contributed by atoms with Gasteiger partial charge in [-0.05, 0) is 50.2 Å². The zero-order chi connectivity index (χ0) is 19.1. The molecule has 1 aliphatic heterocycles. The maximum absolute atomic E-state index is 13.1. The largest absolute Gasteiger partial charge is 0.310 e. The fraction of sp³-hybridized carbons (Fsp3) is 0.190. The number of hydrogen-bond donors (Lipinski definition) is 1. The molecule has 1 aliphatic rings. The van der Waals surface area contributed by atoms with Gasteiger partial charge in [-0.1, -0.05) is 29.3 Å². The lowest BCUT2D eigenvalue weighted by molar-refractivity contribution is -0.116. The van der Waals surface area contributed by atoms with Crippen LogP contribution in [0, 0.1) is 13.8 Å². The van der Waals surface area contributed by atoms with Crippen LogP contribution in [0.4, 0.5) is 5.82 Å².